The minimum atomic E-state index is -3.68. The number of nitrogens with zero attached hydrogens (tertiary/aromatic N) is 4. The van der Waals surface area contributed by atoms with Crippen LogP contribution < -0.4 is 0 Å². The van der Waals surface area contributed by atoms with Crippen molar-refractivity contribution >= 4 is 33.3 Å². The smallest absolute Gasteiger partial charge is 0.191 e. The molecule has 10 heteroatoms. The van der Waals surface area contributed by atoms with E-state index in [1.54, 1.807) is 59.2 Å². The third-order valence-corrected chi connectivity index (χ3v) is 10.1. The average molecular weight is 551 g/mol. The first kappa shape index (κ1) is 24.8. The Kier molecular flexibility index (Phi) is 5.88. The standard InChI is InChI=1S/C28H24ClFN4O3S/c1-33-11-9-24(17-33)38(36,37)23-7-2-19-12-26-18(16-32-34(26)22-5-3-21(30)4-6-22)14-28(19,15-23)27(35)25-13-20(29)8-10-31-25/h3-6,8-13,16-17,23H,2,7,14-15H2,1H3/t23-,28-/m0/s1. The van der Waals surface area contributed by atoms with Gasteiger partial charge in [0.15, 0.2) is 15.6 Å². The average Bonchev–Trinajstić information content (AvgIpc) is 3.53. The third kappa shape index (κ3) is 4.01. The highest BCUT2D eigenvalue weighted by atomic mass is 35.5. The maximum absolute atomic E-state index is 14.2. The molecule has 0 saturated heterocycles. The molecule has 2 aliphatic carbocycles. The second-order valence-corrected chi connectivity index (χ2v) is 12.6. The summed E-state index contributed by atoms with van der Waals surface area (Å²) >= 11 is 6.20. The Balaban J connectivity index is 1.46. The maximum atomic E-state index is 14.2. The molecule has 1 saturated carbocycles. The molecule has 194 valence electrons. The largest absolute Gasteiger partial charge is 0.356 e. The van der Waals surface area contributed by atoms with Crippen LogP contribution in [0.1, 0.15) is 41.0 Å². The summed E-state index contributed by atoms with van der Waals surface area (Å²) in [5.74, 6) is -0.593. The Labute approximate surface area is 224 Å². The van der Waals surface area contributed by atoms with Crippen LogP contribution in [0.3, 0.4) is 0 Å². The van der Waals surface area contributed by atoms with Crippen molar-refractivity contribution in [2.45, 2.75) is 35.8 Å². The Bertz CT molecular complexity index is 1710. The highest BCUT2D eigenvalue weighted by molar-refractivity contribution is 7.92. The first-order chi connectivity index (χ1) is 18.2. The molecule has 0 aliphatic heterocycles. The zero-order chi connectivity index (χ0) is 26.7. The number of carbonyl (C=O) groups excluding carboxylic acids is 1. The molecule has 1 aromatic carbocycles. The van der Waals surface area contributed by atoms with Gasteiger partial charge < -0.3 is 4.57 Å². The van der Waals surface area contributed by atoms with Gasteiger partial charge in [-0.1, -0.05) is 17.2 Å². The molecule has 0 N–H and O–H groups in total. The fraction of sp³-hybridized carbons (Fsp3) is 0.250. The molecule has 0 bridgehead atoms. The molecule has 2 atom stereocenters. The predicted molar refractivity (Wildman–Crippen MR) is 141 cm³/mol. The second kappa shape index (κ2) is 9.03. The number of Topliss-reactive ketones (excluding diaryl/α,β-unsaturated/α-hetero) is 1. The van der Waals surface area contributed by atoms with Gasteiger partial charge in [0.25, 0.3) is 0 Å². The monoisotopic (exact) mass is 550 g/mol. The molecular weight excluding hydrogens is 527 g/mol. The van der Waals surface area contributed by atoms with Crippen molar-refractivity contribution in [1.82, 2.24) is 19.3 Å². The van der Waals surface area contributed by atoms with Crippen LogP contribution in [0.2, 0.25) is 5.02 Å². The number of sulfone groups is 1. The quantitative estimate of drug-likeness (QED) is 0.317. The van der Waals surface area contributed by atoms with Crippen LogP contribution in [0.5, 0.6) is 0 Å². The number of fused-ring (bicyclic) bond motifs is 2. The minimum Gasteiger partial charge on any atom is -0.356 e. The molecule has 7 nitrogen and oxygen atoms in total. The van der Waals surface area contributed by atoms with E-state index in [2.05, 4.69) is 10.1 Å². The van der Waals surface area contributed by atoms with E-state index in [0.717, 1.165) is 16.8 Å². The highest BCUT2D eigenvalue weighted by Crippen LogP contribution is 2.52. The van der Waals surface area contributed by atoms with Crippen molar-refractivity contribution < 1.29 is 17.6 Å². The summed E-state index contributed by atoms with van der Waals surface area (Å²) in [6, 6.07) is 10.8. The number of benzene rings is 1. The van der Waals surface area contributed by atoms with Crippen LogP contribution in [0, 0.1) is 11.2 Å². The number of hydrogen-bond donors (Lipinski definition) is 0. The van der Waals surface area contributed by atoms with E-state index in [4.69, 9.17) is 11.6 Å². The second-order valence-electron chi connectivity index (χ2n) is 9.98. The molecule has 4 aromatic rings. The Morgan fingerprint density at radius 1 is 1.18 bits per heavy atom. The van der Waals surface area contributed by atoms with E-state index < -0.39 is 20.5 Å². The predicted octanol–water partition coefficient (Wildman–Crippen LogP) is 5.23. The van der Waals surface area contributed by atoms with E-state index in [1.165, 1.54) is 24.4 Å². The van der Waals surface area contributed by atoms with Gasteiger partial charge in [0.05, 0.1) is 33.1 Å². The highest BCUT2D eigenvalue weighted by Gasteiger charge is 2.52. The number of aryl methyl sites for hydroxylation is 1. The van der Waals surface area contributed by atoms with Crippen molar-refractivity contribution in [3.05, 3.63) is 101 Å². The van der Waals surface area contributed by atoms with Crippen LogP contribution in [-0.2, 0) is 23.3 Å². The topological polar surface area (TPSA) is 86.9 Å². The number of allylic oxidation sites excluding steroid dienone is 1. The fourth-order valence-electron chi connectivity index (χ4n) is 5.73. The normalized spacial score (nSPS) is 20.9. The van der Waals surface area contributed by atoms with E-state index in [9.17, 15) is 17.6 Å². The lowest BCUT2D eigenvalue weighted by Gasteiger charge is -2.43. The van der Waals surface area contributed by atoms with Gasteiger partial charge in [-0.05, 0) is 79.8 Å². The molecule has 0 radical (unpaired) electrons. The zero-order valence-electron chi connectivity index (χ0n) is 20.5. The first-order valence-corrected chi connectivity index (χ1v) is 14.2. The summed E-state index contributed by atoms with van der Waals surface area (Å²) in [5.41, 5.74) is 2.26. The molecular formula is C28H24ClFN4O3S. The van der Waals surface area contributed by atoms with Gasteiger partial charge in [-0.3, -0.25) is 9.78 Å². The van der Waals surface area contributed by atoms with Gasteiger partial charge in [-0.2, -0.15) is 5.10 Å². The molecule has 38 heavy (non-hydrogen) atoms. The van der Waals surface area contributed by atoms with Crippen molar-refractivity contribution in [1.29, 1.82) is 0 Å². The number of hydrogen-bond acceptors (Lipinski definition) is 5. The van der Waals surface area contributed by atoms with Crippen LogP contribution in [0.15, 0.2) is 77.7 Å². The number of ketones is 1. The van der Waals surface area contributed by atoms with Crippen LogP contribution in [0.4, 0.5) is 4.39 Å². The lowest BCUT2D eigenvalue weighted by Crippen LogP contribution is -2.45. The van der Waals surface area contributed by atoms with Crippen molar-refractivity contribution in [2.24, 2.45) is 12.5 Å². The van der Waals surface area contributed by atoms with Gasteiger partial charge in [-0.15, -0.1) is 0 Å². The number of aromatic nitrogens is 4. The Hall–Kier alpha value is -3.56. The van der Waals surface area contributed by atoms with E-state index in [0.29, 0.717) is 23.6 Å². The number of carbonyl (C=O) groups is 1. The number of rotatable bonds is 5. The van der Waals surface area contributed by atoms with Crippen LogP contribution in [0.25, 0.3) is 11.8 Å². The van der Waals surface area contributed by atoms with Crippen LogP contribution in [-0.4, -0.2) is 38.8 Å². The molecule has 6 rings (SSSR count). The summed E-state index contributed by atoms with van der Waals surface area (Å²) < 4.78 is 44.3. The SMILES string of the molecule is Cn1ccc(S(=O)(=O)[C@H]2CCC3=Cc4c(cnn4-c4ccc(F)cc4)C[C@]3(C(=O)c3cc(Cl)ccn3)C2)c1. The molecule has 0 amide bonds. The summed E-state index contributed by atoms with van der Waals surface area (Å²) in [5, 5.41) is 4.18. The van der Waals surface area contributed by atoms with E-state index >= 15 is 0 Å². The Morgan fingerprint density at radius 2 is 1.97 bits per heavy atom. The maximum Gasteiger partial charge on any atom is 0.191 e. The number of pyridine rings is 1. The fourth-order valence-corrected chi connectivity index (χ4v) is 7.77. The summed E-state index contributed by atoms with van der Waals surface area (Å²) in [7, 11) is -1.90. The third-order valence-electron chi connectivity index (χ3n) is 7.65. The van der Waals surface area contributed by atoms with Gasteiger partial charge >= 0.3 is 0 Å². The van der Waals surface area contributed by atoms with E-state index in [1.807, 2.05) is 6.08 Å². The van der Waals surface area contributed by atoms with Gasteiger partial charge in [-0.25, -0.2) is 17.5 Å². The van der Waals surface area contributed by atoms with Gasteiger partial charge in [0.2, 0.25) is 0 Å². The van der Waals surface area contributed by atoms with Crippen molar-refractivity contribution in [2.75, 3.05) is 0 Å². The van der Waals surface area contributed by atoms with Crippen LogP contribution >= 0.6 is 11.6 Å². The van der Waals surface area contributed by atoms with Gasteiger partial charge in [0.1, 0.15) is 11.5 Å². The summed E-state index contributed by atoms with van der Waals surface area (Å²) in [6.07, 6.45) is 9.65. The zero-order valence-corrected chi connectivity index (χ0v) is 22.1. The first-order valence-electron chi connectivity index (χ1n) is 12.2. The van der Waals surface area contributed by atoms with E-state index in [-0.39, 0.29) is 35.0 Å². The molecule has 1 fully saturated rings. The van der Waals surface area contributed by atoms with Crippen molar-refractivity contribution in [3.63, 3.8) is 0 Å². The summed E-state index contributed by atoms with van der Waals surface area (Å²) in [6.45, 7) is 0. The Morgan fingerprint density at radius 3 is 2.68 bits per heavy atom. The molecule has 3 heterocycles. The summed E-state index contributed by atoms with van der Waals surface area (Å²) in [4.78, 5) is 18.8. The lowest BCUT2D eigenvalue weighted by molar-refractivity contribution is 0.0796. The lowest BCUT2D eigenvalue weighted by atomic mass is 9.61. The molecule has 2 aliphatic rings. The molecule has 0 spiro atoms. The van der Waals surface area contributed by atoms with Gasteiger partial charge in [0, 0.05) is 30.7 Å². The minimum absolute atomic E-state index is 0.129. The van der Waals surface area contributed by atoms with Crippen molar-refractivity contribution in [3.8, 4) is 5.69 Å². The molecule has 3 aromatic heterocycles. The number of halogens is 2. The molecule has 0 unspecified atom stereocenters.